The maximum absolute atomic E-state index is 5.96. The zero-order valence-corrected chi connectivity index (χ0v) is 14.0. The molecule has 0 spiro atoms. The van der Waals surface area contributed by atoms with Gasteiger partial charge in [0.1, 0.15) is 0 Å². The van der Waals surface area contributed by atoms with E-state index in [4.69, 9.17) is 9.47 Å². The number of ether oxygens (including phenoxy) is 2. The normalized spacial score (nSPS) is 18.6. The summed E-state index contributed by atoms with van der Waals surface area (Å²) in [6, 6.07) is 10.9. The van der Waals surface area contributed by atoms with E-state index in [1.165, 1.54) is 17.2 Å². The molecule has 1 aromatic rings. The van der Waals surface area contributed by atoms with Gasteiger partial charge in [0.05, 0.1) is 15.4 Å². The first-order valence-electron chi connectivity index (χ1n) is 7.88. The van der Waals surface area contributed by atoms with Crippen molar-refractivity contribution in [1.82, 2.24) is 0 Å². The van der Waals surface area contributed by atoms with Crippen molar-refractivity contribution in [3.63, 3.8) is 0 Å². The van der Waals surface area contributed by atoms with Crippen LogP contribution in [-0.4, -0.2) is 21.7 Å². The zero-order chi connectivity index (χ0) is 14.9. The molecule has 1 saturated heterocycles. The Morgan fingerprint density at radius 2 is 1.95 bits per heavy atom. The number of rotatable bonds is 8. The lowest BCUT2D eigenvalue weighted by Gasteiger charge is -2.24. The minimum Gasteiger partial charge on any atom is -0.353 e. The molecule has 1 fully saturated rings. The SMILES string of the molecule is C=CC[SiH](CC=C)c1ccccc1COC1CCCCO1. The predicted molar refractivity (Wildman–Crippen MR) is 91.6 cm³/mol. The Kier molecular flexibility index (Phi) is 6.93. The van der Waals surface area contributed by atoms with E-state index in [9.17, 15) is 0 Å². The third kappa shape index (κ3) is 4.95. The highest BCUT2D eigenvalue weighted by molar-refractivity contribution is 6.74. The lowest BCUT2D eigenvalue weighted by Crippen LogP contribution is -2.33. The molecule has 1 aromatic carbocycles. The van der Waals surface area contributed by atoms with Gasteiger partial charge >= 0.3 is 0 Å². The first kappa shape index (κ1) is 16.2. The van der Waals surface area contributed by atoms with Crippen LogP contribution in [0.2, 0.25) is 12.1 Å². The first-order chi connectivity index (χ1) is 10.3. The number of hydrogen-bond donors (Lipinski definition) is 0. The fraction of sp³-hybridized carbons (Fsp3) is 0.444. The van der Waals surface area contributed by atoms with E-state index in [2.05, 4.69) is 37.4 Å². The van der Waals surface area contributed by atoms with Gasteiger partial charge in [-0.25, -0.2) is 0 Å². The summed E-state index contributed by atoms with van der Waals surface area (Å²) in [6.45, 7) is 9.29. The number of hydrogen-bond acceptors (Lipinski definition) is 2. The van der Waals surface area contributed by atoms with Crippen molar-refractivity contribution in [1.29, 1.82) is 0 Å². The Balaban J connectivity index is 2.03. The van der Waals surface area contributed by atoms with Crippen molar-refractivity contribution in [3.05, 3.63) is 55.1 Å². The Hall–Kier alpha value is -1.16. The van der Waals surface area contributed by atoms with Crippen LogP contribution in [0.25, 0.3) is 0 Å². The maximum atomic E-state index is 5.96. The Morgan fingerprint density at radius 3 is 2.62 bits per heavy atom. The third-order valence-electron chi connectivity index (χ3n) is 3.96. The molecule has 1 atom stereocenters. The minimum absolute atomic E-state index is 0.0225. The molecule has 114 valence electrons. The highest BCUT2D eigenvalue weighted by Crippen LogP contribution is 2.16. The lowest BCUT2D eigenvalue weighted by atomic mass is 10.2. The zero-order valence-electron chi connectivity index (χ0n) is 12.8. The Bertz CT molecular complexity index is 442. The molecule has 0 radical (unpaired) electrons. The van der Waals surface area contributed by atoms with Crippen LogP contribution < -0.4 is 5.19 Å². The van der Waals surface area contributed by atoms with Crippen molar-refractivity contribution in [2.75, 3.05) is 6.61 Å². The van der Waals surface area contributed by atoms with E-state index < -0.39 is 8.80 Å². The minimum atomic E-state index is -1.06. The van der Waals surface area contributed by atoms with Crippen LogP contribution in [0.4, 0.5) is 0 Å². The van der Waals surface area contributed by atoms with Gasteiger partial charge < -0.3 is 9.47 Å². The molecule has 0 amide bonds. The summed E-state index contributed by atoms with van der Waals surface area (Å²) in [5.74, 6) is 0. The van der Waals surface area contributed by atoms with Crippen LogP contribution in [-0.2, 0) is 16.1 Å². The van der Waals surface area contributed by atoms with Crippen LogP contribution >= 0.6 is 0 Å². The molecule has 21 heavy (non-hydrogen) atoms. The number of benzene rings is 1. The van der Waals surface area contributed by atoms with Gasteiger partial charge in [-0.15, -0.1) is 13.2 Å². The van der Waals surface area contributed by atoms with E-state index >= 15 is 0 Å². The van der Waals surface area contributed by atoms with Crippen molar-refractivity contribution in [3.8, 4) is 0 Å². The molecule has 1 heterocycles. The molecule has 1 unspecified atom stereocenters. The average molecular weight is 302 g/mol. The molecule has 0 aromatic heterocycles. The van der Waals surface area contributed by atoms with E-state index in [-0.39, 0.29) is 6.29 Å². The standard InChI is InChI=1S/C18H26O2Si/c1-3-13-21(14-4-2)17-10-6-5-9-16(17)15-20-18-11-7-8-12-19-18/h3-6,9-10,18,21H,1-2,7-8,11-15H2. The van der Waals surface area contributed by atoms with Crippen molar-refractivity contribution >= 4 is 14.0 Å². The summed E-state index contributed by atoms with van der Waals surface area (Å²) in [5.41, 5.74) is 1.31. The summed E-state index contributed by atoms with van der Waals surface area (Å²) < 4.78 is 11.6. The molecular weight excluding hydrogens is 276 g/mol. The summed E-state index contributed by atoms with van der Waals surface area (Å²) in [7, 11) is -1.06. The van der Waals surface area contributed by atoms with Crippen LogP contribution in [0.1, 0.15) is 24.8 Å². The van der Waals surface area contributed by atoms with Gasteiger partial charge in [-0.3, -0.25) is 0 Å². The summed E-state index contributed by atoms with van der Waals surface area (Å²) in [4.78, 5) is 0. The monoisotopic (exact) mass is 302 g/mol. The molecule has 0 N–H and O–H groups in total. The fourth-order valence-electron chi connectivity index (χ4n) is 2.84. The first-order valence-corrected chi connectivity index (χ1v) is 10.1. The van der Waals surface area contributed by atoms with Gasteiger partial charge in [0.2, 0.25) is 0 Å². The highest BCUT2D eigenvalue weighted by atomic mass is 28.3. The van der Waals surface area contributed by atoms with Crippen molar-refractivity contribution < 1.29 is 9.47 Å². The van der Waals surface area contributed by atoms with Crippen LogP contribution in [0.5, 0.6) is 0 Å². The van der Waals surface area contributed by atoms with Gasteiger partial charge in [0.15, 0.2) is 6.29 Å². The van der Waals surface area contributed by atoms with E-state index in [1.807, 2.05) is 12.2 Å². The van der Waals surface area contributed by atoms with Crippen molar-refractivity contribution in [2.24, 2.45) is 0 Å². The molecule has 1 aliphatic heterocycles. The van der Waals surface area contributed by atoms with Crippen LogP contribution in [0.15, 0.2) is 49.6 Å². The molecular formula is C18H26O2Si. The van der Waals surface area contributed by atoms with Gasteiger partial charge in [-0.2, -0.15) is 0 Å². The van der Waals surface area contributed by atoms with Crippen LogP contribution in [0.3, 0.4) is 0 Å². The smallest absolute Gasteiger partial charge is 0.158 e. The Labute approximate surface area is 130 Å². The third-order valence-corrected chi connectivity index (χ3v) is 7.21. The molecule has 0 aliphatic carbocycles. The summed E-state index contributed by atoms with van der Waals surface area (Å²) >= 11 is 0. The van der Waals surface area contributed by atoms with E-state index in [0.717, 1.165) is 31.5 Å². The quantitative estimate of drug-likeness (QED) is 0.540. The number of allylic oxidation sites excluding steroid dienone is 2. The Morgan fingerprint density at radius 1 is 1.19 bits per heavy atom. The van der Waals surface area contributed by atoms with Gasteiger partial charge in [0.25, 0.3) is 0 Å². The molecule has 0 saturated carbocycles. The maximum Gasteiger partial charge on any atom is 0.158 e. The summed E-state index contributed by atoms with van der Waals surface area (Å²) in [6.07, 6.45) is 7.44. The van der Waals surface area contributed by atoms with Gasteiger partial charge in [-0.1, -0.05) is 41.6 Å². The van der Waals surface area contributed by atoms with E-state index in [1.54, 1.807) is 0 Å². The largest absolute Gasteiger partial charge is 0.353 e. The molecule has 0 bridgehead atoms. The molecule has 1 aliphatic rings. The predicted octanol–water partition coefficient (Wildman–Crippen LogP) is 3.54. The van der Waals surface area contributed by atoms with Crippen molar-refractivity contribution in [2.45, 2.75) is 44.2 Å². The average Bonchev–Trinajstić information content (AvgIpc) is 2.54. The second kappa shape index (κ2) is 8.98. The lowest BCUT2D eigenvalue weighted by molar-refractivity contribution is -0.168. The second-order valence-corrected chi connectivity index (χ2v) is 8.51. The van der Waals surface area contributed by atoms with Gasteiger partial charge in [-0.05, 0) is 36.9 Å². The van der Waals surface area contributed by atoms with E-state index in [0.29, 0.717) is 6.61 Å². The van der Waals surface area contributed by atoms with Crippen LogP contribution in [0, 0.1) is 0 Å². The fourth-order valence-corrected chi connectivity index (χ4v) is 5.43. The van der Waals surface area contributed by atoms with Gasteiger partial charge in [0, 0.05) is 6.61 Å². The molecule has 2 nitrogen and oxygen atoms in total. The summed E-state index contributed by atoms with van der Waals surface area (Å²) in [5, 5.41) is 1.48. The topological polar surface area (TPSA) is 18.5 Å². The second-order valence-electron chi connectivity index (χ2n) is 5.55. The molecule has 2 rings (SSSR count). The molecule has 3 heteroatoms. The highest BCUT2D eigenvalue weighted by Gasteiger charge is 2.17.